The first-order chi connectivity index (χ1) is 7.72. The third-order valence-electron chi connectivity index (χ3n) is 3.07. The minimum Gasteiger partial charge on any atom is -0.305 e. The van der Waals surface area contributed by atoms with Crippen molar-refractivity contribution in [3.05, 3.63) is 46.3 Å². The van der Waals surface area contributed by atoms with Gasteiger partial charge in [0.1, 0.15) is 0 Å². The fraction of sp³-hybridized carbons (Fsp3) is 0.133. The van der Waals surface area contributed by atoms with Crippen LogP contribution in [0.15, 0.2) is 30.3 Å². The Bertz CT molecular complexity index is 708. The van der Waals surface area contributed by atoms with Crippen LogP contribution >= 0.6 is 0 Å². The van der Waals surface area contributed by atoms with Crippen LogP contribution in [0, 0.1) is 12.3 Å². The fourth-order valence-electron chi connectivity index (χ4n) is 2.22. The molecule has 0 fully saturated rings. The van der Waals surface area contributed by atoms with Crippen LogP contribution in [0.2, 0.25) is 0 Å². The lowest BCUT2D eigenvalue weighted by molar-refractivity contribution is 1.39. The fourth-order valence-corrected chi connectivity index (χ4v) is 2.22. The van der Waals surface area contributed by atoms with Crippen molar-refractivity contribution in [2.24, 2.45) is 0 Å². The first kappa shape index (κ1) is 9.34. The molecule has 0 amide bonds. The maximum atomic E-state index is 7.68. The summed E-state index contributed by atoms with van der Waals surface area (Å²) in [7, 11) is 0. The third-order valence-corrected chi connectivity index (χ3v) is 3.07. The highest BCUT2D eigenvalue weighted by Crippen LogP contribution is 2.12. The maximum absolute atomic E-state index is 7.68. The van der Waals surface area contributed by atoms with Crippen LogP contribution in [0.3, 0.4) is 0 Å². The van der Waals surface area contributed by atoms with E-state index >= 15 is 0 Å². The molecule has 16 heavy (non-hydrogen) atoms. The van der Waals surface area contributed by atoms with E-state index in [9.17, 15) is 0 Å². The van der Waals surface area contributed by atoms with E-state index in [1.807, 2.05) is 6.08 Å². The molecule has 1 aliphatic rings. The molecule has 0 saturated heterocycles. The topological polar surface area (TPSA) is 23.9 Å². The van der Waals surface area contributed by atoms with Gasteiger partial charge in [0, 0.05) is 12.1 Å². The van der Waals surface area contributed by atoms with Gasteiger partial charge in [0.15, 0.2) is 0 Å². The molecule has 1 N–H and O–H groups in total. The minimum atomic E-state index is 0.694. The molecule has 0 aliphatic heterocycles. The maximum Gasteiger partial charge on any atom is 0.0358 e. The van der Waals surface area contributed by atoms with Gasteiger partial charge in [-0.15, -0.1) is 0 Å². The highest BCUT2D eigenvalue weighted by molar-refractivity contribution is 6.11. The average Bonchev–Trinajstić information content (AvgIpc) is 2.26. The standard InChI is InChI=1S/C15H13N/c1-10-2-3-11-7-12-4-5-15(16)9-14(12)8-13(11)6-10/h2-4,6-9,16H,5H2,1H3. The average molecular weight is 207 g/mol. The van der Waals surface area contributed by atoms with Crippen molar-refractivity contribution in [3.63, 3.8) is 0 Å². The molecule has 2 aromatic carbocycles. The van der Waals surface area contributed by atoms with Gasteiger partial charge in [-0.25, -0.2) is 0 Å². The smallest absolute Gasteiger partial charge is 0.0358 e. The summed E-state index contributed by atoms with van der Waals surface area (Å²) < 4.78 is 0. The van der Waals surface area contributed by atoms with E-state index in [0.29, 0.717) is 5.71 Å². The predicted molar refractivity (Wildman–Crippen MR) is 69.2 cm³/mol. The molecule has 2 aromatic rings. The molecule has 1 aliphatic carbocycles. The predicted octanol–water partition coefficient (Wildman–Crippen LogP) is 2.13. The van der Waals surface area contributed by atoms with Crippen LogP contribution in [0.4, 0.5) is 0 Å². The van der Waals surface area contributed by atoms with E-state index in [4.69, 9.17) is 5.41 Å². The SMILES string of the molecule is Cc1ccc2cc3c(cc2c1)=CC(=N)CC=3. The van der Waals surface area contributed by atoms with Crippen molar-refractivity contribution < 1.29 is 0 Å². The zero-order valence-electron chi connectivity index (χ0n) is 9.25. The van der Waals surface area contributed by atoms with Crippen molar-refractivity contribution in [1.29, 1.82) is 5.41 Å². The van der Waals surface area contributed by atoms with Gasteiger partial charge in [0.2, 0.25) is 0 Å². The second kappa shape index (κ2) is 3.31. The molecule has 1 heteroatoms. The van der Waals surface area contributed by atoms with Crippen molar-refractivity contribution >= 4 is 28.6 Å². The summed E-state index contributed by atoms with van der Waals surface area (Å²) >= 11 is 0. The van der Waals surface area contributed by atoms with Gasteiger partial charge in [-0.3, -0.25) is 0 Å². The monoisotopic (exact) mass is 207 g/mol. The van der Waals surface area contributed by atoms with Crippen LogP contribution in [0.5, 0.6) is 0 Å². The van der Waals surface area contributed by atoms with Crippen molar-refractivity contribution in [2.75, 3.05) is 0 Å². The second-order valence-corrected chi connectivity index (χ2v) is 4.41. The Balaban J connectivity index is 2.45. The Morgan fingerprint density at radius 1 is 1.00 bits per heavy atom. The van der Waals surface area contributed by atoms with Gasteiger partial charge in [-0.05, 0) is 46.3 Å². The quantitative estimate of drug-likeness (QED) is 0.684. The van der Waals surface area contributed by atoms with Crippen molar-refractivity contribution in [1.82, 2.24) is 0 Å². The van der Waals surface area contributed by atoms with Gasteiger partial charge < -0.3 is 5.41 Å². The minimum absolute atomic E-state index is 0.694. The van der Waals surface area contributed by atoms with Gasteiger partial charge in [0.05, 0.1) is 0 Å². The van der Waals surface area contributed by atoms with E-state index in [-0.39, 0.29) is 0 Å². The number of aryl methyl sites for hydroxylation is 1. The molecule has 0 radical (unpaired) electrons. The Labute approximate surface area is 94.2 Å². The highest BCUT2D eigenvalue weighted by atomic mass is 14.4. The largest absolute Gasteiger partial charge is 0.305 e. The molecule has 0 heterocycles. The zero-order valence-corrected chi connectivity index (χ0v) is 9.25. The molecule has 1 nitrogen and oxygen atoms in total. The summed E-state index contributed by atoms with van der Waals surface area (Å²) in [5.74, 6) is 0. The van der Waals surface area contributed by atoms with Crippen LogP contribution < -0.4 is 10.4 Å². The molecular formula is C15H13N. The Kier molecular flexibility index (Phi) is 1.93. The molecule has 3 rings (SSSR count). The lowest BCUT2D eigenvalue weighted by Crippen LogP contribution is -2.28. The van der Waals surface area contributed by atoms with Gasteiger partial charge in [-0.1, -0.05) is 29.8 Å². The molecule has 0 unspecified atom stereocenters. The van der Waals surface area contributed by atoms with Crippen LogP contribution in [0.1, 0.15) is 12.0 Å². The van der Waals surface area contributed by atoms with Gasteiger partial charge in [0.25, 0.3) is 0 Å². The van der Waals surface area contributed by atoms with Crippen molar-refractivity contribution in [3.8, 4) is 0 Å². The molecular weight excluding hydrogens is 194 g/mol. The van der Waals surface area contributed by atoms with E-state index in [2.05, 4.69) is 43.3 Å². The van der Waals surface area contributed by atoms with Crippen molar-refractivity contribution in [2.45, 2.75) is 13.3 Å². The summed E-state index contributed by atoms with van der Waals surface area (Å²) in [5.41, 5.74) is 1.97. The zero-order chi connectivity index (χ0) is 11.1. The third kappa shape index (κ3) is 1.45. The first-order valence-electron chi connectivity index (χ1n) is 5.52. The molecule has 0 bridgehead atoms. The number of hydrogen-bond donors (Lipinski definition) is 1. The highest BCUT2D eigenvalue weighted by Gasteiger charge is 2.00. The summed E-state index contributed by atoms with van der Waals surface area (Å²) in [6.07, 6.45) is 4.86. The van der Waals surface area contributed by atoms with E-state index in [1.165, 1.54) is 26.8 Å². The molecule has 0 aromatic heterocycles. The Morgan fingerprint density at radius 2 is 1.81 bits per heavy atom. The van der Waals surface area contributed by atoms with Crippen LogP contribution in [0.25, 0.3) is 22.9 Å². The lowest BCUT2D eigenvalue weighted by Gasteiger charge is -2.04. The summed E-state index contributed by atoms with van der Waals surface area (Å²) in [6.45, 7) is 2.11. The number of hydrogen-bond acceptors (Lipinski definition) is 1. The number of nitrogens with one attached hydrogen (secondary N) is 1. The lowest BCUT2D eigenvalue weighted by atomic mass is 10.0. The number of fused-ring (bicyclic) bond motifs is 2. The summed E-state index contributed by atoms with van der Waals surface area (Å²) in [6, 6.07) is 10.9. The van der Waals surface area contributed by atoms with E-state index < -0.39 is 0 Å². The number of rotatable bonds is 0. The van der Waals surface area contributed by atoms with Gasteiger partial charge in [-0.2, -0.15) is 0 Å². The van der Waals surface area contributed by atoms with Crippen LogP contribution in [-0.2, 0) is 0 Å². The second-order valence-electron chi connectivity index (χ2n) is 4.41. The number of benzene rings is 2. The van der Waals surface area contributed by atoms with E-state index in [1.54, 1.807) is 0 Å². The summed E-state index contributed by atoms with van der Waals surface area (Å²) in [4.78, 5) is 0. The Hall–Kier alpha value is -1.89. The molecule has 0 saturated carbocycles. The molecule has 78 valence electrons. The summed E-state index contributed by atoms with van der Waals surface area (Å²) in [5, 5.41) is 12.7. The van der Waals surface area contributed by atoms with Crippen LogP contribution in [-0.4, -0.2) is 5.71 Å². The molecule has 0 spiro atoms. The Morgan fingerprint density at radius 3 is 2.69 bits per heavy atom. The molecule has 0 atom stereocenters. The van der Waals surface area contributed by atoms with E-state index in [0.717, 1.165) is 6.42 Å². The first-order valence-corrected chi connectivity index (χ1v) is 5.52. The normalized spacial score (nSPS) is 14.2. The van der Waals surface area contributed by atoms with Gasteiger partial charge >= 0.3 is 0 Å².